The Balaban J connectivity index is 1.29. The van der Waals surface area contributed by atoms with Gasteiger partial charge in [-0.3, -0.25) is 9.69 Å². The summed E-state index contributed by atoms with van der Waals surface area (Å²) < 4.78 is 2.20. The molecule has 0 atom stereocenters. The fraction of sp³-hybridized carbons (Fsp3) is 0.379. The second kappa shape index (κ2) is 10.3. The van der Waals surface area contributed by atoms with E-state index in [0.29, 0.717) is 5.92 Å². The highest BCUT2D eigenvalue weighted by molar-refractivity contribution is 5.94. The molecule has 8 heteroatoms. The molecule has 0 bridgehead atoms. The van der Waals surface area contributed by atoms with Gasteiger partial charge in [0.25, 0.3) is 5.91 Å². The van der Waals surface area contributed by atoms with Gasteiger partial charge >= 0.3 is 0 Å². The van der Waals surface area contributed by atoms with Gasteiger partial charge in [0.15, 0.2) is 0 Å². The smallest absolute Gasteiger partial charge is 0.253 e. The number of aromatic nitrogens is 4. The molecule has 37 heavy (non-hydrogen) atoms. The minimum atomic E-state index is 0.0547. The first-order valence-electron chi connectivity index (χ1n) is 12.9. The molecule has 1 amide bonds. The molecule has 1 aromatic carbocycles. The number of carbonyl (C=O) groups excluding carboxylic acids is 1. The molecule has 1 aliphatic heterocycles. The molecule has 4 heterocycles. The Morgan fingerprint density at radius 2 is 1.86 bits per heavy atom. The number of anilines is 1. The van der Waals surface area contributed by atoms with Gasteiger partial charge in [0, 0.05) is 63.1 Å². The molecule has 0 saturated carbocycles. The minimum absolute atomic E-state index is 0.0547. The maximum Gasteiger partial charge on any atom is 0.253 e. The van der Waals surface area contributed by atoms with Gasteiger partial charge < -0.3 is 14.8 Å². The van der Waals surface area contributed by atoms with Crippen LogP contribution in [-0.4, -0.2) is 69.7 Å². The molecule has 0 spiro atoms. The lowest BCUT2D eigenvalue weighted by Gasteiger charge is -2.33. The second-order valence-electron chi connectivity index (χ2n) is 10.2. The number of aryl methyl sites for hydroxylation is 2. The van der Waals surface area contributed by atoms with Crippen LogP contribution < -0.4 is 5.32 Å². The van der Waals surface area contributed by atoms with E-state index in [1.165, 1.54) is 16.8 Å². The quantitative estimate of drug-likeness (QED) is 0.424. The zero-order valence-corrected chi connectivity index (χ0v) is 22.3. The molecule has 1 aliphatic rings. The van der Waals surface area contributed by atoms with Crippen LogP contribution in [0.5, 0.6) is 0 Å². The Kier molecular flexibility index (Phi) is 6.93. The summed E-state index contributed by atoms with van der Waals surface area (Å²) in [7, 11) is 7.52. The van der Waals surface area contributed by atoms with Crippen molar-refractivity contribution in [1.29, 1.82) is 0 Å². The highest BCUT2D eigenvalue weighted by Gasteiger charge is 2.24. The van der Waals surface area contributed by atoms with E-state index in [-0.39, 0.29) is 5.91 Å². The number of pyridine rings is 1. The highest BCUT2D eigenvalue weighted by Crippen LogP contribution is 2.33. The van der Waals surface area contributed by atoms with E-state index < -0.39 is 0 Å². The zero-order chi connectivity index (χ0) is 26.1. The number of hydrogen-bond acceptors (Lipinski definition) is 6. The van der Waals surface area contributed by atoms with Crippen LogP contribution in [0.25, 0.3) is 22.3 Å². The monoisotopic (exact) mass is 497 g/mol. The third kappa shape index (κ3) is 4.93. The van der Waals surface area contributed by atoms with Crippen molar-refractivity contribution in [3.63, 3.8) is 0 Å². The number of amides is 1. The lowest BCUT2D eigenvalue weighted by Crippen LogP contribution is -2.33. The molecule has 1 fully saturated rings. The molecule has 3 aromatic heterocycles. The maximum absolute atomic E-state index is 12.3. The fourth-order valence-corrected chi connectivity index (χ4v) is 5.41. The minimum Gasteiger partial charge on any atom is -0.372 e. The summed E-state index contributed by atoms with van der Waals surface area (Å²) in [5.74, 6) is 1.33. The summed E-state index contributed by atoms with van der Waals surface area (Å²) in [5, 5.41) is 12.8. The fourth-order valence-electron chi connectivity index (χ4n) is 5.41. The molecular weight excluding hydrogens is 462 g/mol. The summed E-state index contributed by atoms with van der Waals surface area (Å²) in [4.78, 5) is 21.2. The molecule has 4 aromatic rings. The molecule has 0 radical (unpaired) electrons. The van der Waals surface area contributed by atoms with Gasteiger partial charge in [0.05, 0.1) is 5.69 Å². The largest absolute Gasteiger partial charge is 0.372 e. The molecule has 1 N–H and O–H groups in total. The Hall–Kier alpha value is -3.78. The van der Waals surface area contributed by atoms with Gasteiger partial charge in [-0.25, -0.2) is 4.98 Å². The summed E-state index contributed by atoms with van der Waals surface area (Å²) in [5.41, 5.74) is 7.45. The predicted octanol–water partition coefficient (Wildman–Crippen LogP) is 4.46. The van der Waals surface area contributed by atoms with Gasteiger partial charge in [-0.15, -0.1) is 10.2 Å². The van der Waals surface area contributed by atoms with Crippen molar-refractivity contribution >= 4 is 22.8 Å². The van der Waals surface area contributed by atoms with E-state index in [1.807, 2.05) is 43.6 Å². The van der Waals surface area contributed by atoms with Gasteiger partial charge in [-0.05, 0) is 86.3 Å². The molecule has 0 aliphatic carbocycles. The van der Waals surface area contributed by atoms with Crippen LogP contribution in [0, 0.1) is 6.92 Å². The topological polar surface area (TPSA) is 79.2 Å². The zero-order valence-electron chi connectivity index (χ0n) is 22.3. The number of likely N-dealkylation sites (tertiary alicyclic amines) is 1. The van der Waals surface area contributed by atoms with E-state index in [0.717, 1.165) is 66.1 Å². The number of rotatable bonds is 6. The first-order chi connectivity index (χ1) is 17.9. The number of carbonyl (C=O) groups is 1. The lowest BCUT2D eigenvalue weighted by molar-refractivity contribution is 0.0827. The average molecular weight is 498 g/mol. The Labute approximate surface area is 218 Å². The highest BCUT2D eigenvalue weighted by atomic mass is 16.2. The molecule has 0 unspecified atom stereocenters. The SMILES string of the molecule is CNc1ccc(-c2ccnc3c2cc(CN2CCC(c4ccc(C(=O)N(C)C)cc4C)CC2)n3C)nn1. The van der Waals surface area contributed by atoms with Crippen LogP contribution in [0.15, 0.2) is 48.7 Å². The van der Waals surface area contributed by atoms with E-state index in [4.69, 9.17) is 0 Å². The molecule has 1 saturated heterocycles. The molecule has 5 rings (SSSR count). The Bertz CT molecular complexity index is 1420. The van der Waals surface area contributed by atoms with Crippen LogP contribution in [0.4, 0.5) is 5.82 Å². The number of nitrogens with one attached hydrogen (secondary N) is 1. The number of piperidine rings is 1. The summed E-state index contributed by atoms with van der Waals surface area (Å²) in [6.45, 7) is 5.10. The van der Waals surface area contributed by atoms with Crippen LogP contribution in [0.1, 0.15) is 45.9 Å². The number of benzene rings is 1. The number of nitrogens with zero attached hydrogens (tertiary/aromatic N) is 6. The Morgan fingerprint density at radius 1 is 1.08 bits per heavy atom. The first-order valence-corrected chi connectivity index (χ1v) is 12.9. The van der Waals surface area contributed by atoms with E-state index in [1.54, 1.807) is 19.0 Å². The van der Waals surface area contributed by atoms with Crippen molar-refractivity contribution in [1.82, 2.24) is 29.5 Å². The van der Waals surface area contributed by atoms with Gasteiger partial charge in [0.1, 0.15) is 11.5 Å². The van der Waals surface area contributed by atoms with Gasteiger partial charge in [0.2, 0.25) is 0 Å². The predicted molar refractivity (Wildman–Crippen MR) is 148 cm³/mol. The van der Waals surface area contributed by atoms with Crippen molar-refractivity contribution in [2.75, 3.05) is 39.5 Å². The number of hydrogen-bond donors (Lipinski definition) is 1. The number of fused-ring (bicyclic) bond motifs is 1. The van der Waals surface area contributed by atoms with Crippen LogP contribution in [-0.2, 0) is 13.6 Å². The summed E-state index contributed by atoms with van der Waals surface area (Å²) in [6, 6.07) is 14.4. The van der Waals surface area contributed by atoms with Crippen LogP contribution >= 0.6 is 0 Å². The van der Waals surface area contributed by atoms with Crippen molar-refractivity contribution < 1.29 is 4.79 Å². The third-order valence-electron chi connectivity index (χ3n) is 7.56. The first kappa shape index (κ1) is 24.9. The molecule has 8 nitrogen and oxygen atoms in total. The van der Waals surface area contributed by atoms with Crippen LogP contribution in [0.2, 0.25) is 0 Å². The van der Waals surface area contributed by atoms with Gasteiger partial charge in [-0.1, -0.05) is 6.07 Å². The van der Waals surface area contributed by atoms with Crippen molar-refractivity contribution in [2.45, 2.75) is 32.2 Å². The van der Waals surface area contributed by atoms with Crippen molar-refractivity contribution in [3.8, 4) is 11.3 Å². The molecular formula is C29H35N7O. The summed E-state index contributed by atoms with van der Waals surface area (Å²) >= 11 is 0. The Morgan fingerprint density at radius 3 is 2.51 bits per heavy atom. The van der Waals surface area contributed by atoms with Crippen molar-refractivity contribution in [3.05, 3.63) is 71.0 Å². The third-order valence-corrected chi connectivity index (χ3v) is 7.56. The molecule has 192 valence electrons. The van der Waals surface area contributed by atoms with E-state index in [9.17, 15) is 4.79 Å². The van der Waals surface area contributed by atoms with Crippen molar-refractivity contribution in [2.24, 2.45) is 7.05 Å². The average Bonchev–Trinajstić information content (AvgIpc) is 3.23. The van der Waals surface area contributed by atoms with E-state index in [2.05, 4.69) is 56.1 Å². The standard InChI is InChI=1S/C29H35N7O/c1-19-16-21(29(37)34(3)4)6-7-23(19)20-11-14-36(15-12-20)18-22-17-25-24(10-13-31-28(25)35(22)5)26-8-9-27(30-2)33-32-26/h6-10,13,16-17,20H,11-12,14-15,18H2,1-5H3,(H,30,33). The summed E-state index contributed by atoms with van der Waals surface area (Å²) in [6.07, 6.45) is 4.08. The maximum atomic E-state index is 12.3. The van der Waals surface area contributed by atoms with Crippen LogP contribution in [0.3, 0.4) is 0 Å². The normalized spacial score (nSPS) is 14.7. The van der Waals surface area contributed by atoms with Gasteiger partial charge in [-0.2, -0.15) is 0 Å². The van der Waals surface area contributed by atoms with E-state index >= 15 is 0 Å². The lowest BCUT2D eigenvalue weighted by atomic mass is 9.86. The second-order valence-corrected chi connectivity index (χ2v) is 10.2.